The Morgan fingerprint density at radius 2 is 1.47 bits per heavy atom. The maximum Gasteiger partial charge on any atom is 0.323 e. The number of benzene rings is 3. The van der Waals surface area contributed by atoms with Crippen molar-refractivity contribution in [3.63, 3.8) is 0 Å². The summed E-state index contributed by atoms with van der Waals surface area (Å²) >= 11 is 0. The van der Waals surface area contributed by atoms with Crippen molar-refractivity contribution in [2.75, 3.05) is 29.1 Å². The van der Waals surface area contributed by atoms with Crippen molar-refractivity contribution in [3.05, 3.63) is 96.7 Å². The van der Waals surface area contributed by atoms with E-state index in [0.717, 1.165) is 11.3 Å². The second-order valence-electron chi connectivity index (χ2n) is 7.34. The quantitative estimate of drug-likeness (QED) is 0.290. The Kier molecular flexibility index (Phi) is 7.66. The summed E-state index contributed by atoms with van der Waals surface area (Å²) in [4.78, 5) is 21.4. The van der Waals surface area contributed by atoms with Crippen molar-refractivity contribution < 1.29 is 14.6 Å². The van der Waals surface area contributed by atoms with Crippen LogP contribution >= 0.6 is 0 Å². The second kappa shape index (κ2) is 11.4. The zero-order chi connectivity index (χ0) is 23.6. The standard InChI is InChI=1S/C26H25N5O3/c32-16-15-27-24-17-22(18-34-23-9-5-2-6-10-23)28-25(31-24)19-11-13-21(14-12-19)30-26(33)29-20-7-3-1-4-8-20/h1-14,17,32H,15-16,18H2,(H,27,28,31)(H2,29,30,33). The smallest absolute Gasteiger partial charge is 0.323 e. The number of rotatable bonds is 9. The van der Waals surface area contributed by atoms with Crippen molar-refractivity contribution in [2.24, 2.45) is 0 Å². The highest BCUT2D eigenvalue weighted by atomic mass is 16.5. The van der Waals surface area contributed by atoms with Gasteiger partial charge in [0.05, 0.1) is 12.3 Å². The molecule has 1 aromatic heterocycles. The second-order valence-corrected chi connectivity index (χ2v) is 7.34. The van der Waals surface area contributed by atoms with Crippen LogP contribution in [0, 0.1) is 0 Å². The molecule has 34 heavy (non-hydrogen) atoms. The molecule has 4 rings (SSSR count). The number of nitrogens with zero attached hydrogens (tertiary/aromatic N) is 2. The van der Waals surface area contributed by atoms with Gasteiger partial charge in [0.15, 0.2) is 5.82 Å². The zero-order valence-electron chi connectivity index (χ0n) is 18.4. The largest absolute Gasteiger partial charge is 0.487 e. The molecule has 4 N–H and O–H groups in total. The van der Waals surface area contributed by atoms with Crippen LogP contribution in [0.25, 0.3) is 11.4 Å². The van der Waals surface area contributed by atoms with Gasteiger partial charge < -0.3 is 25.8 Å². The lowest BCUT2D eigenvalue weighted by molar-refractivity contribution is 0.262. The molecule has 0 radical (unpaired) electrons. The third kappa shape index (κ3) is 6.54. The van der Waals surface area contributed by atoms with E-state index in [1.165, 1.54) is 0 Å². The van der Waals surface area contributed by atoms with Gasteiger partial charge in [-0.2, -0.15) is 0 Å². The van der Waals surface area contributed by atoms with Gasteiger partial charge >= 0.3 is 6.03 Å². The van der Waals surface area contributed by atoms with E-state index in [-0.39, 0.29) is 19.2 Å². The lowest BCUT2D eigenvalue weighted by atomic mass is 10.2. The molecule has 2 amide bonds. The fourth-order valence-electron chi connectivity index (χ4n) is 3.17. The minimum absolute atomic E-state index is 0.0133. The van der Waals surface area contributed by atoms with Crippen LogP contribution in [0.1, 0.15) is 5.69 Å². The van der Waals surface area contributed by atoms with E-state index < -0.39 is 0 Å². The van der Waals surface area contributed by atoms with Crippen molar-refractivity contribution in [1.29, 1.82) is 0 Å². The number of carbonyl (C=O) groups is 1. The lowest BCUT2D eigenvalue weighted by Gasteiger charge is -2.11. The summed E-state index contributed by atoms with van der Waals surface area (Å²) in [5.41, 5.74) is 2.82. The summed E-state index contributed by atoms with van der Waals surface area (Å²) in [5, 5.41) is 17.8. The van der Waals surface area contributed by atoms with Crippen LogP contribution in [0.2, 0.25) is 0 Å². The van der Waals surface area contributed by atoms with Crippen LogP contribution in [-0.4, -0.2) is 34.3 Å². The van der Waals surface area contributed by atoms with Gasteiger partial charge in [0, 0.05) is 29.5 Å². The monoisotopic (exact) mass is 455 g/mol. The number of aromatic nitrogens is 2. The first-order chi connectivity index (χ1) is 16.7. The average Bonchev–Trinajstić information content (AvgIpc) is 2.88. The Labute approximate surface area is 197 Å². The first-order valence-corrected chi connectivity index (χ1v) is 10.8. The number of hydrogen-bond acceptors (Lipinski definition) is 6. The SMILES string of the molecule is O=C(Nc1ccccc1)Nc1ccc(-c2nc(COc3ccccc3)cc(NCCO)n2)cc1. The minimum atomic E-state index is -0.328. The molecule has 0 saturated heterocycles. The highest BCUT2D eigenvalue weighted by Crippen LogP contribution is 2.22. The predicted molar refractivity (Wildman–Crippen MR) is 133 cm³/mol. The summed E-state index contributed by atoms with van der Waals surface area (Å²) in [5.74, 6) is 1.85. The fraction of sp³-hybridized carbons (Fsp3) is 0.115. The fourth-order valence-corrected chi connectivity index (χ4v) is 3.17. The summed E-state index contributed by atoms with van der Waals surface area (Å²) in [6, 6.07) is 27.5. The number of hydrogen-bond donors (Lipinski definition) is 4. The van der Waals surface area contributed by atoms with Gasteiger partial charge in [-0.25, -0.2) is 14.8 Å². The van der Waals surface area contributed by atoms with Gasteiger partial charge in [-0.3, -0.25) is 0 Å². The normalized spacial score (nSPS) is 10.4. The summed E-state index contributed by atoms with van der Waals surface area (Å²) < 4.78 is 5.83. The molecule has 8 nitrogen and oxygen atoms in total. The van der Waals surface area contributed by atoms with Crippen molar-refractivity contribution in [3.8, 4) is 17.1 Å². The van der Waals surface area contributed by atoms with Gasteiger partial charge in [-0.05, 0) is 48.5 Å². The first kappa shape index (κ1) is 22.8. The summed E-state index contributed by atoms with van der Waals surface area (Å²) in [6.45, 7) is 0.627. The van der Waals surface area contributed by atoms with Gasteiger partial charge in [-0.15, -0.1) is 0 Å². The molecule has 0 aliphatic heterocycles. The Hall–Kier alpha value is -4.43. The molecule has 0 bridgehead atoms. The number of aliphatic hydroxyl groups excluding tert-OH is 1. The van der Waals surface area contributed by atoms with Crippen LogP contribution in [-0.2, 0) is 6.61 Å². The molecular weight excluding hydrogens is 430 g/mol. The highest BCUT2D eigenvalue weighted by Gasteiger charge is 2.09. The van der Waals surface area contributed by atoms with Crippen molar-refractivity contribution in [1.82, 2.24) is 9.97 Å². The number of ether oxygens (including phenoxy) is 1. The molecule has 0 fully saturated rings. The Morgan fingerprint density at radius 1 is 0.824 bits per heavy atom. The number of anilines is 3. The molecule has 0 atom stereocenters. The van der Waals surface area contributed by atoms with Crippen LogP contribution < -0.4 is 20.7 Å². The summed E-state index contributed by atoms with van der Waals surface area (Å²) in [6.07, 6.45) is 0. The molecular formula is C26H25N5O3. The minimum Gasteiger partial charge on any atom is -0.487 e. The molecule has 172 valence electrons. The number of urea groups is 1. The van der Waals surface area contributed by atoms with Crippen LogP contribution in [0.5, 0.6) is 5.75 Å². The average molecular weight is 456 g/mol. The molecule has 3 aromatic carbocycles. The molecule has 0 spiro atoms. The van der Waals surface area contributed by atoms with E-state index in [9.17, 15) is 4.79 Å². The number of amides is 2. The molecule has 1 heterocycles. The molecule has 0 aliphatic rings. The predicted octanol–water partition coefficient (Wildman–Crippen LogP) is 4.77. The Balaban J connectivity index is 1.47. The van der Waals surface area contributed by atoms with Gasteiger partial charge in [0.2, 0.25) is 0 Å². The van der Waals surface area contributed by atoms with Crippen molar-refractivity contribution in [2.45, 2.75) is 6.61 Å². The molecule has 0 unspecified atom stereocenters. The molecule has 0 saturated carbocycles. The third-order valence-electron chi connectivity index (χ3n) is 4.76. The zero-order valence-corrected chi connectivity index (χ0v) is 18.4. The number of aliphatic hydroxyl groups is 1. The van der Waals surface area contributed by atoms with Crippen LogP contribution in [0.4, 0.5) is 22.0 Å². The number of carbonyl (C=O) groups excluding carboxylic acids is 1. The van der Waals surface area contributed by atoms with Gasteiger partial charge in [0.1, 0.15) is 18.2 Å². The van der Waals surface area contributed by atoms with Crippen LogP contribution in [0.15, 0.2) is 91.0 Å². The van der Waals surface area contributed by atoms with E-state index in [0.29, 0.717) is 35.3 Å². The van der Waals surface area contributed by atoms with E-state index in [4.69, 9.17) is 9.84 Å². The van der Waals surface area contributed by atoms with E-state index in [1.54, 1.807) is 18.2 Å². The number of nitrogens with one attached hydrogen (secondary N) is 3. The van der Waals surface area contributed by atoms with Gasteiger partial charge in [0.25, 0.3) is 0 Å². The lowest BCUT2D eigenvalue weighted by Crippen LogP contribution is -2.19. The molecule has 0 aliphatic carbocycles. The topological polar surface area (TPSA) is 108 Å². The van der Waals surface area contributed by atoms with Crippen molar-refractivity contribution >= 4 is 23.2 Å². The van der Waals surface area contributed by atoms with E-state index in [1.807, 2.05) is 72.8 Å². The third-order valence-corrected chi connectivity index (χ3v) is 4.76. The Bertz CT molecular complexity index is 1200. The maximum atomic E-state index is 12.2. The van der Waals surface area contributed by atoms with Gasteiger partial charge in [-0.1, -0.05) is 36.4 Å². The molecule has 4 aromatic rings. The van der Waals surface area contributed by atoms with E-state index >= 15 is 0 Å². The molecule has 8 heteroatoms. The first-order valence-electron chi connectivity index (χ1n) is 10.8. The van der Waals surface area contributed by atoms with E-state index in [2.05, 4.69) is 25.9 Å². The number of para-hydroxylation sites is 2. The van der Waals surface area contributed by atoms with Crippen LogP contribution in [0.3, 0.4) is 0 Å². The highest BCUT2D eigenvalue weighted by molar-refractivity contribution is 5.99. The maximum absolute atomic E-state index is 12.2. The Morgan fingerprint density at radius 3 is 2.15 bits per heavy atom. The summed E-state index contributed by atoms with van der Waals surface area (Å²) in [7, 11) is 0.